The first kappa shape index (κ1) is 14.5. The number of hydrogen-bond acceptors (Lipinski definition) is 5. The van der Waals surface area contributed by atoms with Gasteiger partial charge in [0.15, 0.2) is 11.8 Å². The van der Waals surface area contributed by atoms with Crippen LogP contribution in [0.4, 0.5) is 0 Å². The zero-order valence-corrected chi connectivity index (χ0v) is 12.8. The molecule has 2 aromatic rings. The Bertz CT molecular complexity index is 549. The van der Waals surface area contributed by atoms with Gasteiger partial charge in [-0.15, -0.1) is 11.3 Å². The minimum atomic E-state index is 0.507. The summed E-state index contributed by atoms with van der Waals surface area (Å²) in [4.78, 5) is 11.9. The molecule has 0 aromatic carbocycles. The summed E-state index contributed by atoms with van der Waals surface area (Å²) in [7, 11) is 3.79. The first-order valence-corrected chi connectivity index (χ1v) is 7.30. The van der Waals surface area contributed by atoms with Crippen LogP contribution < -0.4 is 5.32 Å². The minimum Gasteiger partial charge on any atom is -0.349 e. The summed E-state index contributed by atoms with van der Waals surface area (Å²) in [5, 5.41) is 9.17. The maximum Gasteiger partial charge on any atom is 0.223 e. The number of hydrogen-bond donors (Lipinski definition) is 1. The van der Waals surface area contributed by atoms with Crippen molar-refractivity contribution in [3.8, 4) is 0 Å². The lowest BCUT2D eigenvalue weighted by Crippen LogP contribution is -2.39. The van der Waals surface area contributed by atoms with Crippen LogP contribution in [0.2, 0.25) is 0 Å². The number of thiophene rings is 1. The van der Waals surface area contributed by atoms with E-state index < -0.39 is 0 Å². The van der Waals surface area contributed by atoms with Crippen molar-refractivity contribution in [3.63, 3.8) is 0 Å². The Balaban J connectivity index is 1.81. The monoisotopic (exact) mass is 293 g/mol. The summed E-state index contributed by atoms with van der Waals surface area (Å²) < 4.78 is 4.93. The molecular weight excluding hydrogens is 274 g/mol. The van der Waals surface area contributed by atoms with Crippen LogP contribution in [0.15, 0.2) is 27.0 Å². The predicted octanol–water partition coefficient (Wildman–Crippen LogP) is 1.69. The molecule has 1 N–H and O–H groups in total. The van der Waals surface area contributed by atoms with Crippen molar-refractivity contribution in [1.82, 2.24) is 20.4 Å². The number of rotatable bonds is 5. The van der Waals surface area contributed by atoms with Gasteiger partial charge in [0.05, 0.1) is 6.54 Å². The molecule has 0 saturated heterocycles. The lowest BCUT2D eigenvalue weighted by molar-refractivity contribution is 0.386. The zero-order chi connectivity index (χ0) is 14.4. The summed E-state index contributed by atoms with van der Waals surface area (Å²) in [5.41, 5.74) is 0. The number of likely N-dealkylation sites (N-methyl/N-ethyl adjacent to an activating group) is 1. The van der Waals surface area contributed by atoms with Gasteiger partial charge >= 0.3 is 0 Å². The molecule has 2 rings (SSSR count). The van der Waals surface area contributed by atoms with Gasteiger partial charge in [0, 0.05) is 32.4 Å². The van der Waals surface area contributed by atoms with E-state index in [2.05, 4.69) is 42.9 Å². The average molecular weight is 293 g/mol. The third-order valence-corrected chi connectivity index (χ3v) is 3.76. The van der Waals surface area contributed by atoms with Gasteiger partial charge in [0.1, 0.15) is 0 Å². The number of aromatic nitrogens is 2. The van der Waals surface area contributed by atoms with E-state index in [1.807, 2.05) is 7.05 Å². The Morgan fingerprint density at radius 3 is 3.00 bits per heavy atom. The first-order valence-electron chi connectivity index (χ1n) is 6.42. The van der Waals surface area contributed by atoms with Crippen LogP contribution >= 0.6 is 11.3 Å². The summed E-state index contributed by atoms with van der Waals surface area (Å²) in [6.45, 7) is 3.19. The average Bonchev–Trinajstić information content (AvgIpc) is 3.08. The number of nitrogens with one attached hydrogen (secondary N) is 1. The maximum atomic E-state index is 4.93. The van der Waals surface area contributed by atoms with E-state index in [4.69, 9.17) is 4.52 Å². The maximum absolute atomic E-state index is 4.93. The van der Waals surface area contributed by atoms with Crippen LogP contribution in [-0.4, -0.2) is 41.6 Å². The second kappa shape index (κ2) is 7.04. The van der Waals surface area contributed by atoms with Crippen molar-refractivity contribution in [2.45, 2.75) is 19.9 Å². The topological polar surface area (TPSA) is 66.5 Å². The lowest BCUT2D eigenvalue weighted by atomic mass is 10.3. The first-order chi connectivity index (χ1) is 9.69. The molecule has 108 valence electrons. The highest BCUT2D eigenvalue weighted by molar-refractivity contribution is 7.09. The highest BCUT2D eigenvalue weighted by Crippen LogP contribution is 2.09. The molecule has 7 heteroatoms. The molecule has 2 heterocycles. The van der Waals surface area contributed by atoms with Crippen molar-refractivity contribution >= 4 is 17.3 Å². The molecule has 0 radical (unpaired) electrons. The SMILES string of the molecule is CN=C(NCc1noc(C)n1)N(C)CCc1cccs1. The third kappa shape index (κ3) is 4.06. The molecule has 0 amide bonds. The van der Waals surface area contributed by atoms with E-state index in [1.165, 1.54) is 4.88 Å². The Morgan fingerprint density at radius 1 is 1.55 bits per heavy atom. The predicted molar refractivity (Wildman–Crippen MR) is 79.9 cm³/mol. The van der Waals surface area contributed by atoms with Crippen LogP contribution in [0, 0.1) is 6.92 Å². The fourth-order valence-corrected chi connectivity index (χ4v) is 2.49. The van der Waals surface area contributed by atoms with Crippen LogP contribution in [0.25, 0.3) is 0 Å². The van der Waals surface area contributed by atoms with Crippen molar-refractivity contribution < 1.29 is 4.52 Å². The van der Waals surface area contributed by atoms with Gasteiger partial charge in [-0.2, -0.15) is 4.98 Å². The summed E-state index contributed by atoms with van der Waals surface area (Å²) >= 11 is 1.78. The Hall–Kier alpha value is -1.89. The molecule has 0 fully saturated rings. The van der Waals surface area contributed by atoms with Crippen LogP contribution in [-0.2, 0) is 13.0 Å². The van der Waals surface area contributed by atoms with Crippen molar-refractivity contribution in [3.05, 3.63) is 34.1 Å². The van der Waals surface area contributed by atoms with E-state index >= 15 is 0 Å². The van der Waals surface area contributed by atoms with Crippen molar-refractivity contribution in [2.75, 3.05) is 20.6 Å². The van der Waals surface area contributed by atoms with Gasteiger partial charge in [0.25, 0.3) is 0 Å². The molecule has 0 unspecified atom stereocenters. The lowest BCUT2D eigenvalue weighted by Gasteiger charge is -2.21. The molecule has 0 atom stereocenters. The van der Waals surface area contributed by atoms with Gasteiger partial charge < -0.3 is 14.7 Å². The summed E-state index contributed by atoms with van der Waals surface area (Å²) in [6.07, 6.45) is 1.01. The largest absolute Gasteiger partial charge is 0.349 e. The molecule has 0 aliphatic rings. The minimum absolute atomic E-state index is 0.507. The van der Waals surface area contributed by atoms with E-state index in [1.54, 1.807) is 25.3 Å². The van der Waals surface area contributed by atoms with E-state index in [9.17, 15) is 0 Å². The van der Waals surface area contributed by atoms with Gasteiger partial charge in [-0.3, -0.25) is 4.99 Å². The molecule has 0 saturated carbocycles. The second-order valence-corrected chi connectivity index (χ2v) is 5.41. The molecule has 0 bridgehead atoms. The van der Waals surface area contributed by atoms with E-state index in [0.29, 0.717) is 18.3 Å². The highest BCUT2D eigenvalue weighted by Gasteiger charge is 2.08. The third-order valence-electron chi connectivity index (χ3n) is 2.82. The summed E-state index contributed by atoms with van der Waals surface area (Å²) in [6, 6.07) is 4.22. The fraction of sp³-hybridized carbons (Fsp3) is 0.462. The molecule has 20 heavy (non-hydrogen) atoms. The molecular formula is C13H19N5OS. The quantitative estimate of drug-likeness (QED) is 0.671. The smallest absolute Gasteiger partial charge is 0.223 e. The Labute approximate surface area is 122 Å². The molecule has 0 spiro atoms. The van der Waals surface area contributed by atoms with Crippen molar-refractivity contribution in [2.24, 2.45) is 4.99 Å². The van der Waals surface area contributed by atoms with E-state index in [-0.39, 0.29) is 0 Å². The Morgan fingerprint density at radius 2 is 2.40 bits per heavy atom. The van der Waals surface area contributed by atoms with Crippen LogP contribution in [0.3, 0.4) is 0 Å². The molecule has 2 aromatic heterocycles. The van der Waals surface area contributed by atoms with E-state index in [0.717, 1.165) is 18.9 Å². The van der Waals surface area contributed by atoms with Crippen molar-refractivity contribution in [1.29, 1.82) is 0 Å². The molecule has 0 aliphatic heterocycles. The normalized spacial score (nSPS) is 11.7. The molecule has 6 nitrogen and oxygen atoms in total. The molecule has 0 aliphatic carbocycles. The van der Waals surface area contributed by atoms with Gasteiger partial charge in [-0.05, 0) is 17.9 Å². The summed E-state index contributed by atoms with van der Waals surface area (Å²) in [5.74, 6) is 2.03. The van der Waals surface area contributed by atoms with Crippen LogP contribution in [0.1, 0.15) is 16.6 Å². The van der Waals surface area contributed by atoms with Gasteiger partial charge in [0.2, 0.25) is 5.89 Å². The number of aliphatic imine (C=N–C) groups is 1. The highest BCUT2D eigenvalue weighted by atomic mass is 32.1. The van der Waals surface area contributed by atoms with Gasteiger partial charge in [-0.25, -0.2) is 0 Å². The fourth-order valence-electron chi connectivity index (χ4n) is 1.79. The van der Waals surface area contributed by atoms with Gasteiger partial charge in [-0.1, -0.05) is 11.2 Å². The Kier molecular flexibility index (Phi) is 5.11. The van der Waals surface area contributed by atoms with Crippen LogP contribution in [0.5, 0.6) is 0 Å². The number of guanidine groups is 1. The second-order valence-electron chi connectivity index (χ2n) is 4.38. The zero-order valence-electron chi connectivity index (χ0n) is 12.0. The standard InChI is InChI=1S/C13H19N5OS/c1-10-16-12(17-19-10)9-15-13(14-2)18(3)7-6-11-5-4-8-20-11/h4-5,8H,6-7,9H2,1-3H3,(H,14,15). The number of nitrogens with zero attached hydrogens (tertiary/aromatic N) is 4. The number of aryl methyl sites for hydroxylation is 1.